The van der Waals surface area contributed by atoms with Crippen LogP contribution in [0.5, 0.6) is 0 Å². The SMILES string of the molecule is CC(C)C1(CNCC(=O)N2CCc3sccc3C2)CC1. The van der Waals surface area contributed by atoms with Gasteiger partial charge in [0.1, 0.15) is 0 Å². The van der Waals surface area contributed by atoms with Gasteiger partial charge >= 0.3 is 0 Å². The molecule has 0 aromatic carbocycles. The molecule has 3 rings (SSSR count). The number of carbonyl (C=O) groups excluding carboxylic acids is 1. The molecule has 20 heavy (non-hydrogen) atoms. The molecule has 1 aliphatic heterocycles. The summed E-state index contributed by atoms with van der Waals surface area (Å²) >= 11 is 1.82. The Bertz CT molecular complexity index is 490. The topological polar surface area (TPSA) is 32.3 Å². The lowest BCUT2D eigenvalue weighted by Crippen LogP contribution is -2.42. The number of nitrogens with one attached hydrogen (secondary N) is 1. The van der Waals surface area contributed by atoms with Crippen molar-refractivity contribution in [1.82, 2.24) is 10.2 Å². The first kappa shape index (κ1) is 14.1. The molecule has 4 heteroatoms. The number of amides is 1. The van der Waals surface area contributed by atoms with Gasteiger partial charge in [-0.25, -0.2) is 0 Å². The van der Waals surface area contributed by atoms with E-state index in [0.29, 0.717) is 17.9 Å². The van der Waals surface area contributed by atoms with Gasteiger partial charge in [-0.3, -0.25) is 4.79 Å². The van der Waals surface area contributed by atoms with Crippen molar-refractivity contribution in [3.8, 4) is 0 Å². The van der Waals surface area contributed by atoms with Crippen molar-refractivity contribution in [1.29, 1.82) is 0 Å². The second-order valence-corrected chi connectivity index (χ2v) is 7.56. The van der Waals surface area contributed by atoms with Crippen LogP contribution in [0.3, 0.4) is 0 Å². The van der Waals surface area contributed by atoms with E-state index in [-0.39, 0.29) is 5.91 Å². The Hall–Kier alpha value is -0.870. The first-order valence-corrected chi connectivity index (χ1v) is 8.52. The zero-order valence-electron chi connectivity index (χ0n) is 12.4. The predicted molar refractivity (Wildman–Crippen MR) is 82.8 cm³/mol. The minimum atomic E-state index is 0.251. The summed E-state index contributed by atoms with van der Waals surface area (Å²) in [6, 6.07) is 2.16. The molecule has 0 atom stereocenters. The van der Waals surface area contributed by atoms with Crippen LogP contribution in [-0.2, 0) is 17.8 Å². The molecule has 1 saturated carbocycles. The molecule has 2 heterocycles. The monoisotopic (exact) mass is 292 g/mol. The summed E-state index contributed by atoms with van der Waals surface area (Å²) in [6.45, 7) is 7.75. The van der Waals surface area contributed by atoms with Crippen LogP contribution in [0, 0.1) is 11.3 Å². The van der Waals surface area contributed by atoms with E-state index in [9.17, 15) is 4.79 Å². The number of thiophene rings is 1. The minimum absolute atomic E-state index is 0.251. The average Bonchev–Trinajstić information content (AvgIpc) is 3.08. The van der Waals surface area contributed by atoms with E-state index >= 15 is 0 Å². The van der Waals surface area contributed by atoms with E-state index in [4.69, 9.17) is 0 Å². The molecule has 1 aromatic heterocycles. The second-order valence-electron chi connectivity index (χ2n) is 6.55. The lowest BCUT2D eigenvalue weighted by atomic mass is 9.92. The van der Waals surface area contributed by atoms with E-state index in [2.05, 4.69) is 30.6 Å². The highest BCUT2D eigenvalue weighted by molar-refractivity contribution is 7.10. The first-order valence-electron chi connectivity index (χ1n) is 7.64. The number of nitrogens with zero attached hydrogens (tertiary/aromatic N) is 1. The first-order chi connectivity index (χ1) is 9.61. The quantitative estimate of drug-likeness (QED) is 0.905. The number of hydrogen-bond donors (Lipinski definition) is 1. The molecular formula is C16H24N2OS. The Morgan fingerprint density at radius 1 is 1.50 bits per heavy atom. The zero-order chi connectivity index (χ0) is 14.2. The number of fused-ring (bicyclic) bond motifs is 1. The van der Waals surface area contributed by atoms with Gasteiger partial charge in [0.25, 0.3) is 0 Å². The lowest BCUT2D eigenvalue weighted by molar-refractivity contribution is -0.131. The van der Waals surface area contributed by atoms with Crippen LogP contribution < -0.4 is 5.32 Å². The standard InChI is InChI=1S/C16H24N2OS/c1-12(2)16(5-6-16)11-17-9-15(19)18-7-3-14-13(10-18)4-8-20-14/h4,8,12,17H,3,5-7,9-11H2,1-2H3. The van der Waals surface area contributed by atoms with Gasteiger partial charge in [-0.05, 0) is 47.6 Å². The highest BCUT2D eigenvalue weighted by Crippen LogP contribution is 2.51. The molecule has 1 aromatic rings. The summed E-state index contributed by atoms with van der Waals surface area (Å²) in [5.41, 5.74) is 1.82. The summed E-state index contributed by atoms with van der Waals surface area (Å²) in [5, 5.41) is 5.53. The summed E-state index contributed by atoms with van der Waals surface area (Å²) in [5.74, 6) is 0.967. The largest absolute Gasteiger partial charge is 0.337 e. The van der Waals surface area contributed by atoms with E-state index < -0.39 is 0 Å². The highest BCUT2D eigenvalue weighted by atomic mass is 32.1. The Morgan fingerprint density at radius 3 is 3.00 bits per heavy atom. The van der Waals surface area contributed by atoms with Crippen molar-refractivity contribution in [3.63, 3.8) is 0 Å². The smallest absolute Gasteiger partial charge is 0.236 e. The molecular weight excluding hydrogens is 268 g/mol. The Balaban J connectivity index is 1.46. The number of hydrogen-bond acceptors (Lipinski definition) is 3. The molecule has 2 aliphatic rings. The van der Waals surface area contributed by atoms with Gasteiger partial charge in [-0.1, -0.05) is 13.8 Å². The number of carbonyl (C=O) groups is 1. The van der Waals surface area contributed by atoms with Crippen LogP contribution in [0.4, 0.5) is 0 Å². The molecule has 0 unspecified atom stereocenters. The molecule has 0 bridgehead atoms. The molecule has 110 valence electrons. The normalized spacial score (nSPS) is 20.1. The third-order valence-electron chi connectivity index (χ3n) is 5.03. The third-order valence-corrected chi connectivity index (χ3v) is 6.05. The summed E-state index contributed by atoms with van der Waals surface area (Å²) in [6.07, 6.45) is 3.65. The van der Waals surface area contributed by atoms with Crippen molar-refractivity contribution < 1.29 is 4.79 Å². The van der Waals surface area contributed by atoms with E-state index in [1.807, 2.05) is 16.2 Å². The fraction of sp³-hybridized carbons (Fsp3) is 0.688. The molecule has 0 spiro atoms. The van der Waals surface area contributed by atoms with Gasteiger partial charge in [-0.15, -0.1) is 11.3 Å². The average molecular weight is 292 g/mol. The predicted octanol–water partition coefficient (Wildman–Crippen LogP) is 2.66. The summed E-state index contributed by atoms with van der Waals surface area (Å²) in [7, 11) is 0. The molecule has 1 amide bonds. The maximum absolute atomic E-state index is 12.3. The van der Waals surface area contributed by atoms with E-state index in [1.165, 1.54) is 23.3 Å². The van der Waals surface area contributed by atoms with Crippen LogP contribution in [0.15, 0.2) is 11.4 Å². The second kappa shape index (κ2) is 5.49. The van der Waals surface area contributed by atoms with Crippen molar-refractivity contribution >= 4 is 17.2 Å². The van der Waals surface area contributed by atoms with Crippen molar-refractivity contribution in [2.24, 2.45) is 11.3 Å². The molecule has 0 saturated heterocycles. The lowest BCUT2D eigenvalue weighted by Gasteiger charge is -2.28. The fourth-order valence-electron chi connectivity index (χ4n) is 3.11. The van der Waals surface area contributed by atoms with Gasteiger partial charge in [-0.2, -0.15) is 0 Å². The van der Waals surface area contributed by atoms with Crippen molar-refractivity contribution in [2.75, 3.05) is 19.6 Å². The minimum Gasteiger partial charge on any atom is -0.337 e. The van der Waals surface area contributed by atoms with Crippen LogP contribution in [0.1, 0.15) is 37.1 Å². The molecule has 1 aliphatic carbocycles. The van der Waals surface area contributed by atoms with Gasteiger partial charge in [0.05, 0.1) is 6.54 Å². The summed E-state index contributed by atoms with van der Waals surface area (Å²) < 4.78 is 0. The highest BCUT2D eigenvalue weighted by Gasteiger charge is 2.44. The van der Waals surface area contributed by atoms with Gasteiger partial charge in [0, 0.05) is 24.5 Å². The van der Waals surface area contributed by atoms with Crippen LogP contribution in [-0.4, -0.2) is 30.4 Å². The maximum atomic E-state index is 12.3. The molecule has 1 fully saturated rings. The zero-order valence-corrected chi connectivity index (χ0v) is 13.3. The molecule has 0 radical (unpaired) electrons. The van der Waals surface area contributed by atoms with E-state index in [1.54, 1.807) is 0 Å². The number of rotatable bonds is 5. The summed E-state index contributed by atoms with van der Waals surface area (Å²) in [4.78, 5) is 15.7. The molecule has 3 nitrogen and oxygen atoms in total. The van der Waals surface area contributed by atoms with Crippen LogP contribution in [0.2, 0.25) is 0 Å². The van der Waals surface area contributed by atoms with E-state index in [0.717, 1.165) is 26.1 Å². The Morgan fingerprint density at radius 2 is 2.30 bits per heavy atom. The van der Waals surface area contributed by atoms with Crippen molar-refractivity contribution in [2.45, 2.75) is 39.7 Å². The fourth-order valence-corrected chi connectivity index (χ4v) is 4.00. The van der Waals surface area contributed by atoms with Crippen LogP contribution >= 0.6 is 11.3 Å². The Kier molecular flexibility index (Phi) is 3.87. The maximum Gasteiger partial charge on any atom is 0.236 e. The van der Waals surface area contributed by atoms with Crippen LogP contribution in [0.25, 0.3) is 0 Å². The van der Waals surface area contributed by atoms with Gasteiger partial charge < -0.3 is 10.2 Å². The Labute approximate surface area is 125 Å². The van der Waals surface area contributed by atoms with Crippen molar-refractivity contribution in [3.05, 3.63) is 21.9 Å². The third kappa shape index (κ3) is 2.77. The molecule has 1 N–H and O–H groups in total. The van der Waals surface area contributed by atoms with Gasteiger partial charge in [0.2, 0.25) is 5.91 Å². The van der Waals surface area contributed by atoms with Gasteiger partial charge in [0.15, 0.2) is 0 Å².